The molecule has 118 valence electrons. The number of hydrogen-bond donors (Lipinski definition) is 1. The molecule has 21 heavy (non-hydrogen) atoms. The van der Waals surface area contributed by atoms with Crippen molar-refractivity contribution < 1.29 is 4.74 Å². The summed E-state index contributed by atoms with van der Waals surface area (Å²) in [7, 11) is 1.77. The Morgan fingerprint density at radius 1 is 1.43 bits per heavy atom. The second-order valence-electron chi connectivity index (χ2n) is 6.07. The number of anilines is 1. The van der Waals surface area contributed by atoms with Crippen molar-refractivity contribution in [2.45, 2.75) is 39.3 Å². The number of ether oxygens (including phenoxy) is 1. The minimum atomic E-state index is 0.461. The predicted molar refractivity (Wildman–Crippen MR) is 88.0 cm³/mol. The lowest BCUT2D eigenvalue weighted by Crippen LogP contribution is -2.35. The van der Waals surface area contributed by atoms with E-state index in [-0.39, 0.29) is 0 Å². The van der Waals surface area contributed by atoms with E-state index < -0.39 is 0 Å². The van der Waals surface area contributed by atoms with Crippen molar-refractivity contribution in [1.29, 1.82) is 0 Å². The number of methoxy groups -OCH3 is 1. The SMILES string of the molecule is COCC1CCN(c2ncc(CNC(C)C)cc2Cl)CC1. The van der Waals surface area contributed by atoms with Gasteiger partial charge in [-0.1, -0.05) is 25.4 Å². The average Bonchev–Trinajstić information content (AvgIpc) is 2.47. The number of aromatic nitrogens is 1. The topological polar surface area (TPSA) is 37.4 Å². The fourth-order valence-electron chi connectivity index (χ4n) is 2.67. The zero-order valence-corrected chi connectivity index (χ0v) is 14.0. The van der Waals surface area contributed by atoms with Gasteiger partial charge in [-0.25, -0.2) is 4.98 Å². The molecule has 0 atom stereocenters. The molecule has 0 saturated carbocycles. The van der Waals surface area contributed by atoms with Gasteiger partial charge in [-0.05, 0) is 30.4 Å². The molecule has 0 radical (unpaired) electrons. The summed E-state index contributed by atoms with van der Waals surface area (Å²) in [6.07, 6.45) is 4.21. The van der Waals surface area contributed by atoms with E-state index in [4.69, 9.17) is 16.3 Å². The van der Waals surface area contributed by atoms with Crippen LogP contribution in [0.2, 0.25) is 5.02 Å². The molecule has 0 aliphatic carbocycles. The maximum atomic E-state index is 6.42. The van der Waals surface area contributed by atoms with E-state index in [1.807, 2.05) is 12.3 Å². The van der Waals surface area contributed by atoms with Gasteiger partial charge >= 0.3 is 0 Å². The van der Waals surface area contributed by atoms with Crippen molar-refractivity contribution in [1.82, 2.24) is 10.3 Å². The first-order valence-electron chi connectivity index (χ1n) is 7.72. The minimum absolute atomic E-state index is 0.461. The van der Waals surface area contributed by atoms with E-state index in [0.717, 1.165) is 55.5 Å². The number of rotatable bonds is 6. The van der Waals surface area contributed by atoms with Crippen LogP contribution in [0.1, 0.15) is 32.3 Å². The molecule has 2 rings (SSSR count). The van der Waals surface area contributed by atoms with Gasteiger partial charge in [-0.15, -0.1) is 0 Å². The van der Waals surface area contributed by atoms with Crippen LogP contribution in [0.5, 0.6) is 0 Å². The summed E-state index contributed by atoms with van der Waals surface area (Å²) >= 11 is 6.42. The number of nitrogens with zero attached hydrogens (tertiary/aromatic N) is 2. The molecule has 1 aliphatic heterocycles. The van der Waals surface area contributed by atoms with Crippen molar-refractivity contribution >= 4 is 17.4 Å². The Kier molecular flexibility index (Phi) is 6.27. The lowest BCUT2D eigenvalue weighted by atomic mass is 9.98. The fourth-order valence-corrected chi connectivity index (χ4v) is 2.98. The molecule has 4 nitrogen and oxygen atoms in total. The van der Waals surface area contributed by atoms with Crippen LogP contribution in [-0.2, 0) is 11.3 Å². The van der Waals surface area contributed by atoms with Gasteiger partial charge in [0, 0.05) is 45.6 Å². The fraction of sp³-hybridized carbons (Fsp3) is 0.688. The average molecular weight is 312 g/mol. The van der Waals surface area contributed by atoms with Crippen LogP contribution in [0.3, 0.4) is 0 Å². The largest absolute Gasteiger partial charge is 0.384 e. The quantitative estimate of drug-likeness (QED) is 0.876. The lowest BCUT2D eigenvalue weighted by molar-refractivity contribution is 0.139. The van der Waals surface area contributed by atoms with Gasteiger partial charge in [0.05, 0.1) is 5.02 Å². The first kappa shape index (κ1) is 16.5. The molecule has 1 saturated heterocycles. The van der Waals surface area contributed by atoms with Gasteiger partial charge in [0.15, 0.2) is 0 Å². The highest BCUT2D eigenvalue weighted by atomic mass is 35.5. The predicted octanol–water partition coefficient (Wildman–Crippen LogP) is 3.10. The van der Waals surface area contributed by atoms with Crippen LogP contribution < -0.4 is 10.2 Å². The molecule has 0 aromatic carbocycles. The van der Waals surface area contributed by atoms with Crippen LogP contribution in [0.15, 0.2) is 12.3 Å². The third kappa shape index (κ3) is 4.83. The van der Waals surface area contributed by atoms with Gasteiger partial charge in [-0.2, -0.15) is 0 Å². The molecular formula is C16H26ClN3O. The van der Waals surface area contributed by atoms with Crippen molar-refractivity contribution in [2.24, 2.45) is 5.92 Å². The maximum Gasteiger partial charge on any atom is 0.147 e. The van der Waals surface area contributed by atoms with Crippen molar-refractivity contribution in [3.05, 3.63) is 22.8 Å². The minimum Gasteiger partial charge on any atom is -0.384 e. The molecule has 0 spiro atoms. The number of nitrogens with one attached hydrogen (secondary N) is 1. The lowest BCUT2D eigenvalue weighted by Gasteiger charge is -2.33. The van der Waals surface area contributed by atoms with E-state index >= 15 is 0 Å². The second kappa shape index (κ2) is 7.97. The molecule has 5 heteroatoms. The summed E-state index contributed by atoms with van der Waals surface area (Å²) in [5.41, 5.74) is 1.13. The Labute approximate surface area is 132 Å². The molecule has 1 aromatic heterocycles. The third-order valence-electron chi connectivity index (χ3n) is 3.91. The normalized spacial score (nSPS) is 16.7. The molecule has 2 heterocycles. The molecular weight excluding hydrogens is 286 g/mol. The Hall–Kier alpha value is -0.840. The number of hydrogen-bond acceptors (Lipinski definition) is 4. The van der Waals surface area contributed by atoms with Gasteiger partial charge in [0.2, 0.25) is 0 Å². The monoisotopic (exact) mass is 311 g/mol. The number of piperidine rings is 1. The molecule has 1 aromatic rings. The second-order valence-corrected chi connectivity index (χ2v) is 6.48. The van der Waals surface area contributed by atoms with Crippen LogP contribution in [0.4, 0.5) is 5.82 Å². The summed E-state index contributed by atoms with van der Waals surface area (Å²) in [6.45, 7) is 7.94. The molecule has 1 N–H and O–H groups in total. The zero-order valence-electron chi connectivity index (χ0n) is 13.2. The van der Waals surface area contributed by atoms with Crippen LogP contribution >= 0.6 is 11.6 Å². The standard InChI is InChI=1S/C16H26ClN3O/c1-12(2)18-9-14-8-15(17)16(19-10-14)20-6-4-13(5-7-20)11-21-3/h8,10,12-13,18H,4-7,9,11H2,1-3H3. The molecule has 0 bridgehead atoms. The Morgan fingerprint density at radius 3 is 2.71 bits per heavy atom. The van der Waals surface area contributed by atoms with Gasteiger partial charge in [0.25, 0.3) is 0 Å². The van der Waals surface area contributed by atoms with E-state index in [1.165, 1.54) is 0 Å². The Morgan fingerprint density at radius 2 is 2.14 bits per heavy atom. The molecule has 1 aliphatic rings. The first-order valence-corrected chi connectivity index (χ1v) is 8.09. The highest BCUT2D eigenvalue weighted by Crippen LogP contribution is 2.28. The summed E-state index contributed by atoms with van der Waals surface area (Å²) in [4.78, 5) is 6.86. The molecule has 0 unspecified atom stereocenters. The van der Waals surface area contributed by atoms with E-state index in [2.05, 4.69) is 29.0 Å². The zero-order chi connectivity index (χ0) is 15.2. The number of pyridine rings is 1. The molecule has 1 fully saturated rings. The van der Waals surface area contributed by atoms with Crippen LogP contribution in [0.25, 0.3) is 0 Å². The van der Waals surface area contributed by atoms with Crippen LogP contribution in [0, 0.1) is 5.92 Å². The Bertz CT molecular complexity index is 445. The summed E-state index contributed by atoms with van der Waals surface area (Å²) < 4.78 is 5.24. The van der Waals surface area contributed by atoms with E-state index in [1.54, 1.807) is 7.11 Å². The Balaban J connectivity index is 1.95. The van der Waals surface area contributed by atoms with Crippen LogP contribution in [-0.4, -0.2) is 37.8 Å². The van der Waals surface area contributed by atoms with Gasteiger partial charge in [0.1, 0.15) is 5.82 Å². The van der Waals surface area contributed by atoms with Gasteiger partial charge < -0.3 is 15.0 Å². The third-order valence-corrected chi connectivity index (χ3v) is 4.19. The number of halogens is 1. The first-order chi connectivity index (χ1) is 10.1. The maximum absolute atomic E-state index is 6.42. The summed E-state index contributed by atoms with van der Waals surface area (Å²) in [5.74, 6) is 1.58. The van der Waals surface area contributed by atoms with Gasteiger partial charge in [-0.3, -0.25) is 0 Å². The van der Waals surface area contributed by atoms with Crippen molar-refractivity contribution in [3.63, 3.8) is 0 Å². The van der Waals surface area contributed by atoms with Crippen molar-refractivity contribution in [2.75, 3.05) is 31.7 Å². The van der Waals surface area contributed by atoms with E-state index in [0.29, 0.717) is 12.0 Å². The molecule has 0 amide bonds. The summed E-state index contributed by atoms with van der Waals surface area (Å²) in [6, 6.07) is 2.49. The highest BCUT2D eigenvalue weighted by Gasteiger charge is 2.21. The smallest absolute Gasteiger partial charge is 0.147 e. The van der Waals surface area contributed by atoms with E-state index in [9.17, 15) is 0 Å². The van der Waals surface area contributed by atoms with Crippen molar-refractivity contribution in [3.8, 4) is 0 Å². The summed E-state index contributed by atoms with van der Waals surface area (Å²) in [5, 5.41) is 4.13. The highest BCUT2D eigenvalue weighted by molar-refractivity contribution is 6.33.